The van der Waals surface area contributed by atoms with Crippen LogP contribution in [0.4, 0.5) is 0 Å². The largest absolute Gasteiger partial charge is 0.0882 e. The highest BCUT2D eigenvalue weighted by atomic mass is 79.9. The molecule has 1 heterocycles. The van der Waals surface area contributed by atoms with Crippen LogP contribution >= 0.6 is 43.6 Å². The van der Waals surface area contributed by atoms with Crippen molar-refractivity contribution >= 4 is 43.6 Å². The second-order valence-electron chi connectivity index (χ2n) is 5.82. The lowest BCUT2D eigenvalue weighted by molar-refractivity contribution is 0.649. The first kappa shape index (κ1) is 15.5. The Balaban J connectivity index is 2.12. The smallest absolute Gasteiger partial charge is 0.0457 e. The third-order valence-corrected chi connectivity index (χ3v) is 7.33. The SMILES string of the molecule is CC1(c2ccccc2)c2cccc(Br)c2Sc2cccc(Br)c21. The van der Waals surface area contributed by atoms with E-state index in [0.29, 0.717) is 0 Å². The Morgan fingerprint density at radius 2 is 1.48 bits per heavy atom. The van der Waals surface area contributed by atoms with Crippen molar-refractivity contribution < 1.29 is 0 Å². The van der Waals surface area contributed by atoms with Gasteiger partial charge in [0.05, 0.1) is 0 Å². The first-order valence-electron chi connectivity index (χ1n) is 7.43. The molecule has 0 saturated heterocycles. The molecule has 3 heteroatoms. The second kappa shape index (κ2) is 5.80. The zero-order valence-electron chi connectivity index (χ0n) is 12.5. The minimum absolute atomic E-state index is 0.180. The van der Waals surface area contributed by atoms with Crippen molar-refractivity contribution in [3.05, 3.63) is 92.4 Å². The lowest BCUT2D eigenvalue weighted by Crippen LogP contribution is -2.29. The normalized spacial score (nSPS) is 19.1. The number of hydrogen-bond acceptors (Lipinski definition) is 1. The molecule has 1 aliphatic heterocycles. The van der Waals surface area contributed by atoms with Crippen LogP contribution in [0.2, 0.25) is 0 Å². The van der Waals surface area contributed by atoms with Crippen molar-refractivity contribution in [1.82, 2.24) is 0 Å². The Morgan fingerprint density at radius 1 is 0.783 bits per heavy atom. The summed E-state index contributed by atoms with van der Waals surface area (Å²) in [5.41, 5.74) is 3.83. The molecule has 0 saturated carbocycles. The molecule has 3 aromatic rings. The van der Waals surface area contributed by atoms with Gasteiger partial charge in [-0.2, -0.15) is 0 Å². The highest BCUT2D eigenvalue weighted by Gasteiger charge is 2.40. The van der Waals surface area contributed by atoms with Gasteiger partial charge in [-0.05, 0) is 57.7 Å². The minimum atomic E-state index is -0.180. The van der Waals surface area contributed by atoms with Crippen LogP contribution in [0.5, 0.6) is 0 Å². The van der Waals surface area contributed by atoms with Crippen LogP contribution in [0, 0.1) is 0 Å². The van der Waals surface area contributed by atoms with Gasteiger partial charge in [-0.3, -0.25) is 0 Å². The highest BCUT2D eigenvalue weighted by Crippen LogP contribution is 2.55. The molecule has 0 fully saturated rings. The Morgan fingerprint density at radius 3 is 2.26 bits per heavy atom. The van der Waals surface area contributed by atoms with E-state index in [9.17, 15) is 0 Å². The summed E-state index contributed by atoms with van der Waals surface area (Å²) >= 11 is 9.39. The fourth-order valence-electron chi connectivity index (χ4n) is 3.40. The summed E-state index contributed by atoms with van der Waals surface area (Å²) in [4.78, 5) is 2.62. The van der Waals surface area contributed by atoms with E-state index in [1.165, 1.54) is 31.0 Å². The van der Waals surface area contributed by atoms with Crippen LogP contribution in [0.15, 0.2) is 85.5 Å². The van der Waals surface area contributed by atoms with Gasteiger partial charge in [0.2, 0.25) is 0 Å². The Labute approximate surface area is 157 Å². The molecule has 1 atom stereocenters. The van der Waals surface area contributed by atoms with Crippen LogP contribution in [-0.4, -0.2) is 0 Å². The fraction of sp³-hybridized carbons (Fsp3) is 0.100. The first-order valence-corrected chi connectivity index (χ1v) is 9.84. The van der Waals surface area contributed by atoms with Crippen LogP contribution in [0.1, 0.15) is 23.6 Å². The summed E-state index contributed by atoms with van der Waals surface area (Å²) < 4.78 is 2.33. The van der Waals surface area contributed by atoms with Crippen molar-refractivity contribution in [2.24, 2.45) is 0 Å². The van der Waals surface area contributed by atoms with E-state index in [4.69, 9.17) is 0 Å². The molecular formula is C20H14Br2S. The van der Waals surface area contributed by atoms with Gasteiger partial charge < -0.3 is 0 Å². The van der Waals surface area contributed by atoms with Crippen molar-refractivity contribution in [3.63, 3.8) is 0 Å². The lowest BCUT2D eigenvalue weighted by atomic mass is 9.71. The number of benzene rings is 3. The van der Waals surface area contributed by atoms with Crippen molar-refractivity contribution in [1.29, 1.82) is 0 Å². The standard InChI is InChI=1S/C20H14Br2S/c1-20(13-7-3-2-4-8-13)14-9-5-11-16(22)19(14)23-17-12-6-10-15(21)18(17)20/h2-12H,1H3. The summed E-state index contributed by atoms with van der Waals surface area (Å²) in [5.74, 6) is 0. The zero-order chi connectivity index (χ0) is 16.0. The second-order valence-corrected chi connectivity index (χ2v) is 8.58. The van der Waals surface area contributed by atoms with Gasteiger partial charge in [0.1, 0.15) is 0 Å². The van der Waals surface area contributed by atoms with Gasteiger partial charge in [0.25, 0.3) is 0 Å². The first-order chi connectivity index (χ1) is 11.1. The van der Waals surface area contributed by atoms with Crippen LogP contribution in [0.25, 0.3) is 0 Å². The maximum Gasteiger partial charge on any atom is 0.0457 e. The van der Waals surface area contributed by atoms with Crippen molar-refractivity contribution in [3.8, 4) is 0 Å². The molecule has 0 amide bonds. The van der Waals surface area contributed by atoms with E-state index in [-0.39, 0.29) is 5.41 Å². The molecule has 23 heavy (non-hydrogen) atoms. The molecule has 1 aliphatic rings. The molecule has 0 aliphatic carbocycles. The molecule has 0 aromatic heterocycles. The zero-order valence-corrected chi connectivity index (χ0v) is 16.5. The van der Waals surface area contributed by atoms with Gasteiger partial charge in [-0.1, -0.05) is 76.2 Å². The van der Waals surface area contributed by atoms with Crippen LogP contribution in [-0.2, 0) is 5.41 Å². The number of rotatable bonds is 1. The Hall–Kier alpha value is -1.03. The van der Waals surface area contributed by atoms with Crippen LogP contribution in [0.3, 0.4) is 0 Å². The number of hydrogen-bond donors (Lipinski definition) is 0. The third kappa shape index (κ3) is 2.33. The van der Waals surface area contributed by atoms with E-state index in [0.717, 1.165) is 4.47 Å². The predicted octanol–water partition coefficient (Wildman–Crippen LogP) is 7.03. The summed E-state index contributed by atoms with van der Waals surface area (Å²) in [6.45, 7) is 2.33. The van der Waals surface area contributed by atoms with Gasteiger partial charge in [-0.15, -0.1) is 0 Å². The average molecular weight is 446 g/mol. The van der Waals surface area contributed by atoms with E-state index < -0.39 is 0 Å². The summed E-state index contributed by atoms with van der Waals surface area (Å²) in [6.07, 6.45) is 0. The Kier molecular flexibility index (Phi) is 3.91. The highest BCUT2D eigenvalue weighted by molar-refractivity contribution is 9.10. The molecular weight excluding hydrogens is 432 g/mol. The van der Waals surface area contributed by atoms with E-state index >= 15 is 0 Å². The van der Waals surface area contributed by atoms with Crippen LogP contribution < -0.4 is 0 Å². The summed E-state index contributed by atoms with van der Waals surface area (Å²) in [7, 11) is 0. The number of fused-ring (bicyclic) bond motifs is 2. The maximum absolute atomic E-state index is 3.80. The topological polar surface area (TPSA) is 0 Å². The monoisotopic (exact) mass is 444 g/mol. The molecule has 0 radical (unpaired) electrons. The Bertz CT molecular complexity index is 889. The number of halogens is 2. The van der Waals surface area contributed by atoms with Gasteiger partial charge >= 0.3 is 0 Å². The van der Waals surface area contributed by atoms with E-state index in [1.807, 2.05) is 11.8 Å². The quantitative estimate of drug-likeness (QED) is 0.387. The predicted molar refractivity (Wildman–Crippen MR) is 104 cm³/mol. The molecule has 114 valence electrons. The summed E-state index contributed by atoms with van der Waals surface area (Å²) in [6, 6.07) is 23.8. The molecule has 0 N–H and O–H groups in total. The maximum atomic E-state index is 3.80. The van der Waals surface area contributed by atoms with Gasteiger partial charge in [0.15, 0.2) is 0 Å². The van der Waals surface area contributed by atoms with Gasteiger partial charge in [-0.25, -0.2) is 0 Å². The average Bonchev–Trinajstić information content (AvgIpc) is 2.57. The van der Waals surface area contributed by atoms with Gasteiger partial charge in [0, 0.05) is 24.2 Å². The van der Waals surface area contributed by atoms with E-state index in [1.54, 1.807) is 0 Å². The minimum Gasteiger partial charge on any atom is -0.0882 e. The summed E-state index contributed by atoms with van der Waals surface area (Å²) in [5, 5.41) is 0. The molecule has 4 rings (SSSR count). The third-order valence-electron chi connectivity index (χ3n) is 4.54. The lowest BCUT2D eigenvalue weighted by Gasteiger charge is -2.39. The van der Waals surface area contributed by atoms with E-state index in [2.05, 4.69) is 106 Å². The fourth-order valence-corrected chi connectivity index (χ4v) is 6.23. The molecule has 0 spiro atoms. The molecule has 0 bridgehead atoms. The molecule has 0 nitrogen and oxygen atoms in total. The molecule has 1 unspecified atom stereocenters. The van der Waals surface area contributed by atoms with Crippen molar-refractivity contribution in [2.45, 2.75) is 22.1 Å². The molecule has 3 aromatic carbocycles. The van der Waals surface area contributed by atoms with Crippen molar-refractivity contribution in [2.75, 3.05) is 0 Å².